The predicted octanol–water partition coefficient (Wildman–Crippen LogP) is 2.01. The van der Waals surface area contributed by atoms with Gasteiger partial charge in [-0.15, -0.1) is 11.3 Å². The van der Waals surface area contributed by atoms with Crippen molar-refractivity contribution in [2.45, 2.75) is 39.5 Å². The highest BCUT2D eigenvalue weighted by Crippen LogP contribution is 2.34. The Bertz CT molecular complexity index is 430. The molecular formula is C14H22N2O2S. The minimum Gasteiger partial charge on any atom is -0.396 e. The number of nitrogens with zero attached hydrogens (tertiary/aromatic N) is 2. The molecule has 0 aromatic carbocycles. The predicted molar refractivity (Wildman–Crippen MR) is 76.2 cm³/mol. The summed E-state index contributed by atoms with van der Waals surface area (Å²) in [7, 11) is 0. The molecule has 0 unspecified atom stereocenters. The molecule has 0 radical (unpaired) electrons. The number of rotatable bonds is 4. The monoisotopic (exact) mass is 282 g/mol. The molecular weight excluding hydrogens is 260 g/mol. The summed E-state index contributed by atoms with van der Waals surface area (Å²) in [6, 6.07) is 0. The summed E-state index contributed by atoms with van der Waals surface area (Å²) in [4.78, 5) is 18.4. The molecule has 1 aliphatic rings. The molecule has 2 heterocycles. The van der Waals surface area contributed by atoms with Gasteiger partial charge in [-0.2, -0.15) is 0 Å². The maximum atomic E-state index is 12.2. The zero-order valence-electron chi connectivity index (χ0n) is 11.7. The van der Waals surface area contributed by atoms with Gasteiger partial charge in [0.25, 0.3) is 0 Å². The Morgan fingerprint density at radius 1 is 1.53 bits per heavy atom. The van der Waals surface area contributed by atoms with E-state index >= 15 is 0 Å². The van der Waals surface area contributed by atoms with Crippen molar-refractivity contribution < 1.29 is 9.90 Å². The third-order valence-electron chi connectivity index (χ3n) is 4.26. The van der Waals surface area contributed by atoms with Gasteiger partial charge in [0.05, 0.1) is 17.1 Å². The van der Waals surface area contributed by atoms with Crippen LogP contribution in [0.4, 0.5) is 0 Å². The summed E-state index contributed by atoms with van der Waals surface area (Å²) >= 11 is 1.59. The Kier molecular flexibility index (Phi) is 4.58. The van der Waals surface area contributed by atoms with Crippen LogP contribution >= 0.6 is 11.3 Å². The van der Waals surface area contributed by atoms with Crippen molar-refractivity contribution in [3.8, 4) is 0 Å². The zero-order valence-corrected chi connectivity index (χ0v) is 12.5. The van der Waals surface area contributed by atoms with Crippen LogP contribution in [0, 0.1) is 12.3 Å². The number of aliphatic hydroxyl groups is 1. The van der Waals surface area contributed by atoms with Gasteiger partial charge in [-0.25, -0.2) is 4.98 Å². The second-order valence-electron chi connectivity index (χ2n) is 5.43. The van der Waals surface area contributed by atoms with Gasteiger partial charge in [0, 0.05) is 25.1 Å². The Morgan fingerprint density at radius 3 is 2.68 bits per heavy atom. The van der Waals surface area contributed by atoms with E-state index in [9.17, 15) is 9.90 Å². The highest BCUT2D eigenvalue weighted by Gasteiger charge is 2.33. The summed E-state index contributed by atoms with van der Waals surface area (Å²) in [5, 5.41) is 12.5. The first-order valence-electron chi connectivity index (χ1n) is 6.88. The Morgan fingerprint density at radius 2 is 2.21 bits per heavy atom. The molecule has 1 saturated heterocycles. The Hall–Kier alpha value is -0.940. The van der Waals surface area contributed by atoms with Gasteiger partial charge in [-0.05, 0) is 31.6 Å². The lowest BCUT2D eigenvalue weighted by atomic mass is 9.77. The summed E-state index contributed by atoms with van der Waals surface area (Å²) in [5.41, 5.74) is 0.913. The number of carbonyl (C=O) groups excluding carboxylic acids is 1. The van der Waals surface area contributed by atoms with Crippen LogP contribution in [0.5, 0.6) is 0 Å². The molecule has 1 aromatic rings. The van der Waals surface area contributed by atoms with Gasteiger partial charge in [-0.3, -0.25) is 4.79 Å². The molecule has 1 aliphatic heterocycles. The van der Waals surface area contributed by atoms with E-state index in [1.54, 1.807) is 11.3 Å². The third kappa shape index (κ3) is 3.34. The van der Waals surface area contributed by atoms with Crippen molar-refractivity contribution in [1.82, 2.24) is 9.88 Å². The second kappa shape index (κ2) is 6.01. The van der Waals surface area contributed by atoms with Crippen LogP contribution in [-0.2, 0) is 11.2 Å². The van der Waals surface area contributed by atoms with E-state index in [2.05, 4.69) is 11.9 Å². The first-order valence-corrected chi connectivity index (χ1v) is 7.76. The van der Waals surface area contributed by atoms with E-state index in [4.69, 9.17) is 0 Å². The fraction of sp³-hybridized carbons (Fsp3) is 0.714. The van der Waals surface area contributed by atoms with Crippen LogP contribution in [0.25, 0.3) is 0 Å². The van der Waals surface area contributed by atoms with Crippen LogP contribution in [-0.4, -0.2) is 40.6 Å². The number of aliphatic hydroxyl groups excluding tert-OH is 1. The first-order chi connectivity index (χ1) is 9.08. The second-order valence-corrected chi connectivity index (χ2v) is 6.49. The lowest BCUT2D eigenvalue weighted by molar-refractivity contribution is -0.133. The molecule has 4 nitrogen and oxygen atoms in total. The van der Waals surface area contributed by atoms with Crippen LogP contribution < -0.4 is 0 Å². The fourth-order valence-corrected chi connectivity index (χ4v) is 3.22. The molecule has 1 N–H and O–H groups in total. The number of hydrogen-bond acceptors (Lipinski definition) is 4. The number of piperidine rings is 1. The van der Waals surface area contributed by atoms with Gasteiger partial charge >= 0.3 is 0 Å². The molecule has 0 atom stereocenters. The Balaban J connectivity index is 1.89. The van der Waals surface area contributed by atoms with E-state index in [-0.39, 0.29) is 17.9 Å². The average Bonchev–Trinajstić information content (AvgIpc) is 2.84. The normalized spacial score (nSPS) is 18.6. The summed E-state index contributed by atoms with van der Waals surface area (Å²) in [6.07, 6.45) is 3.20. The minimum atomic E-state index is 0.0357. The zero-order chi connectivity index (χ0) is 13.9. The maximum absolute atomic E-state index is 12.2. The van der Waals surface area contributed by atoms with Gasteiger partial charge < -0.3 is 10.0 Å². The SMILES string of the molecule is CCC1(CO)CCN(C(=O)Cc2csc(C)n2)CC1. The molecule has 0 spiro atoms. The summed E-state index contributed by atoms with van der Waals surface area (Å²) in [5.74, 6) is 0.160. The standard InChI is InChI=1S/C14H22N2O2S/c1-3-14(10-17)4-6-16(7-5-14)13(18)8-12-9-19-11(2)15-12/h9,17H,3-8,10H2,1-2H3. The molecule has 0 aliphatic carbocycles. The third-order valence-corrected chi connectivity index (χ3v) is 5.08. The van der Waals surface area contributed by atoms with Crippen molar-refractivity contribution in [3.63, 3.8) is 0 Å². The number of hydrogen-bond donors (Lipinski definition) is 1. The molecule has 2 rings (SSSR count). The van der Waals surface area contributed by atoms with Crippen molar-refractivity contribution >= 4 is 17.2 Å². The molecule has 0 saturated carbocycles. The van der Waals surface area contributed by atoms with Crippen LogP contribution in [0.15, 0.2) is 5.38 Å². The molecule has 1 aromatic heterocycles. The van der Waals surface area contributed by atoms with Crippen molar-refractivity contribution in [3.05, 3.63) is 16.1 Å². The number of aryl methyl sites for hydroxylation is 1. The summed E-state index contributed by atoms with van der Waals surface area (Å²) in [6.45, 7) is 5.83. The van der Waals surface area contributed by atoms with Crippen molar-refractivity contribution in [1.29, 1.82) is 0 Å². The highest BCUT2D eigenvalue weighted by molar-refractivity contribution is 7.09. The highest BCUT2D eigenvalue weighted by atomic mass is 32.1. The smallest absolute Gasteiger partial charge is 0.228 e. The molecule has 0 bridgehead atoms. The lowest BCUT2D eigenvalue weighted by Gasteiger charge is -2.40. The average molecular weight is 282 g/mol. The number of aromatic nitrogens is 1. The summed E-state index contributed by atoms with van der Waals surface area (Å²) < 4.78 is 0. The van der Waals surface area contributed by atoms with E-state index in [1.165, 1.54) is 0 Å². The fourth-order valence-electron chi connectivity index (χ4n) is 2.61. The van der Waals surface area contributed by atoms with Gasteiger partial charge in [0.15, 0.2) is 0 Å². The van der Waals surface area contributed by atoms with Crippen LogP contribution in [0.2, 0.25) is 0 Å². The van der Waals surface area contributed by atoms with Gasteiger partial charge in [0.2, 0.25) is 5.91 Å². The topological polar surface area (TPSA) is 53.4 Å². The van der Waals surface area contributed by atoms with E-state index in [1.807, 2.05) is 17.2 Å². The van der Waals surface area contributed by atoms with Crippen molar-refractivity contribution in [2.75, 3.05) is 19.7 Å². The molecule has 106 valence electrons. The van der Waals surface area contributed by atoms with E-state index in [0.29, 0.717) is 6.42 Å². The van der Waals surface area contributed by atoms with Crippen molar-refractivity contribution in [2.24, 2.45) is 5.41 Å². The largest absolute Gasteiger partial charge is 0.396 e. The first kappa shape index (κ1) is 14.5. The molecule has 5 heteroatoms. The van der Waals surface area contributed by atoms with E-state index in [0.717, 1.165) is 43.1 Å². The lowest BCUT2D eigenvalue weighted by Crippen LogP contribution is -2.45. The van der Waals surface area contributed by atoms with Crippen LogP contribution in [0.3, 0.4) is 0 Å². The molecule has 19 heavy (non-hydrogen) atoms. The minimum absolute atomic E-state index is 0.0357. The maximum Gasteiger partial charge on any atom is 0.228 e. The quantitative estimate of drug-likeness (QED) is 0.919. The van der Waals surface area contributed by atoms with Gasteiger partial charge in [0.1, 0.15) is 0 Å². The van der Waals surface area contributed by atoms with E-state index < -0.39 is 0 Å². The Labute approximate surface area is 118 Å². The van der Waals surface area contributed by atoms with Gasteiger partial charge in [-0.1, -0.05) is 6.92 Å². The number of carbonyl (C=O) groups is 1. The molecule has 1 fully saturated rings. The van der Waals surface area contributed by atoms with Crippen LogP contribution in [0.1, 0.15) is 36.9 Å². The number of thiazole rings is 1. The number of likely N-dealkylation sites (tertiary alicyclic amines) is 1. The molecule has 1 amide bonds. The number of amides is 1.